The van der Waals surface area contributed by atoms with Crippen molar-refractivity contribution in [2.24, 2.45) is 0 Å². The Morgan fingerprint density at radius 2 is 2.08 bits per heavy atom. The third kappa shape index (κ3) is 3.83. The van der Waals surface area contributed by atoms with Gasteiger partial charge in [0.1, 0.15) is 0 Å². The van der Waals surface area contributed by atoms with Crippen molar-refractivity contribution >= 4 is 16.3 Å². The molecule has 2 aromatic rings. The third-order valence-corrected chi connectivity index (χ3v) is 5.55. The van der Waals surface area contributed by atoms with Gasteiger partial charge in [-0.2, -0.15) is 0 Å². The average molecular weight is 356 g/mol. The molecule has 0 aliphatic carbocycles. The summed E-state index contributed by atoms with van der Waals surface area (Å²) in [5, 5.41) is 0. The Kier molecular flexibility index (Phi) is 5.35. The lowest BCUT2D eigenvalue weighted by Gasteiger charge is -2.40. The van der Waals surface area contributed by atoms with Gasteiger partial charge in [0.15, 0.2) is 4.96 Å². The van der Waals surface area contributed by atoms with Crippen LogP contribution in [0, 0.1) is 6.92 Å². The topological polar surface area (TPSA) is 37.6 Å². The van der Waals surface area contributed by atoms with E-state index in [1.165, 1.54) is 5.57 Å². The molecule has 3 heterocycles. The van der Waals surface area contributed by atoms with E-state index in [0.29, 0.717) is 18.6 Å². The molecular formula is C20H25N3OS. The zero-order valence-corrected chi connectivity index (χ0v) is 15.8. The molecule has 4 nitrogen and oxygen atoms in total. The minimum absolute atomic E-state index is 0.00590. The fourth-order valence-electron chi connectivity index (χ4n) is 3.61. The molecule has 1 aliphatic rings. The van der Waals surface area contributed by atoms with Crippen LogP contribution in [-0.2, 0) is 6.54 Å². The molecule has 0 spiro atoms. The number of nitrogens with zero attached hydrogens (tertiary/aromatic N) is 3. The second kappa shape index (κ2) is 7.50. The van der Waals surface area contributed by atoms with Crippen LogP contribution in [0.3, 0.4) is 0 Å². The Labute approximate surface area is 152 Å². The number of rotatable bonds is 6. The summed E-state index contributed by atoms with van der Waals surface area (Å²) in [5.74, 6) is 0. The molecule has 132 valence electrons. The van der Waals surface area contributed by atoms with Crippen molar-refractivity contribution in [2.45, 2.75) is 51.7 Å². The van der Waals surface area contributed by atoms with Crippen molar-refractivity contribution in [2.75, 3.05) is 0 Å². The molecule has 1 aliphatic heterocycles. The third-order valence-electron chi connectivity index (χ3n) is 4.66. The van der Waals surface area contributed by atoms with Crippen molar-refractivity contribution in [3.8, 4) is 0 Å². The fourth-order valence-corrected chi connectivity index (χ4v) is 4.46. The quantitative estimate of drug-likeness (QED) is 0.732. The maximum atomic E-state index is 12.4. The van der Waals surface area contributed by atoms with Crippen molar-refractivity contribution in [3.05, 3.63) is 70.1 Å². The summed E-state index contributed by atoms with van der Waals surface area (Å²) >= 11 is 1.55. The first-order valence-electron chi connectivity index (χ1n) is 8.65. The van der Waals surface area contributed by atoms with Gasteiger partial charge in [-0.15, -0.1) is 24.5 Å². The smallest absolute Gasteiger partial charge is 0.258 e. The van der Waals surface area contributed by atoms with Gasteiger partial charge in [-0.3, -0.25) is 14.1 Å². The molecule has 0 amide bonds. The Bertz CT molecular complexity index is 877. The van der Waals surface area contributed by atoms with Gasteiger partial charge in [-0.05, 0) is 33.1 Å². The van der Waals surface area contributed by atoms with Crippen LogP contribution in [0.5, 0.6) is 0 Å². The monoisotopic (exact) mass is 355 g/mol. The highest BCUT2D eigenvalue weighted by Crippen LogP contribution is 2.28. The van der Waals surface area contributed by atoms with E-state index in [-0.39, 0.29) is 5.56 Å². The minimum atomic E-state index is -0.00590. The van der Waals surface area contributed by atoms with E-state index in [9.17, 15) is 4.79 Å². The van der Waals surface area contributed by atoms with Crippen molar-refractivity contribution in [3.63, 3.8) is 0 Å². The minimum Gasteiger partial charge on any atom is -0.287 e. The maximum absolute atomic E-state index is 12.4. The number of thiazole rings is 1. The molecule has 3 rings (SSSR count). The summed E-state index contributed by atoms with van der Waals surface area (Å²) in [6.45, 7) is 12.7. The number of aromatic nitrogens is 2. The van der Waals surface area contributed by atoms with Gasteiger partial charge in [0.25, 0.3) is 5.56 Å². The highest BCUT2D eigenvalue weighted by molar-refractivity contribution is 7.16. The first-order chi connectivity index (χ1) is 12.0. The van der Waals surface area contributed by atoms with Crippen LogP contribution in [0.25, 0.3) is 4.96 Å². The number of aryl methyl sites for hydroxylation is 1. The maximum Gasteiger partial charge on any atom is 0.258 e. The SMILES string of the molecule is C=CC[C@H]1CC(C)=C[C@H](CC=C)N1Cc1cc(=O)n2cc(C)sc2n1. The van der Waals surface area contributed by atoms with E-state index in [1.807, 2.05) is 25.3 Å². The van der Waals surface area contributed by atoms with E-state index in [2.05, 4.69) is 31.1 Å². The van der Waals surface area contributed by atoms with Gasteiger partial charge in [-0.1, -0.05) is 23.8 Å². The average Bonchev–Trinajstić information content (AvgIpc) is 2.92. The summed E-state index contributed by atoms with van der Waals surface area (Å²) < 4.78 is 1.63. The molecule has 5 heteroatoms. The number of hydrogen-bond donors (Lipinski definition) is 0. The normalized spacial score (nSPS) is 21.3. The van der Waals surface area contributed by atoms with E-state index >= 15 is 0 Å². The molecule has 2 atom stereocenters. The van der Waals surface area contributed by atoms with Gasteiger partial charge < -0.3 is 0 Å². The molecule has 0 aromatic carbocycles. The van der Waals surface area contributed by atoms with Crippen LogP contribution in [0.15, 0.2) is 54.0 Å². The molecule has 2 aromatic heterocycles. The van der Waals surface area contributed by atoms with E-state index in [0.717, 1.165) is 34.8 Å². The van der Waals surface area contributed by atoms with Crippen molar-refractivity contribution in [1.29, 1.82) is 0 Å². The molecule has 0 bridgehead atoms. The van der Waals surface area contributed by atoms with Crippen LogP contribution >= 0.6 is 11.3 Å². The predicted molar refractivity (Wildman–Crippen MR) is 105 cm³/mol. The molecule has 0 fully saturated rings. The molecule has 0 radical (unpaired) electrons. The Balaban J connectivity index is 1.95. The second-order valence-electron chi connectivity index (χ2n) is 6.74. The lowest BCUT2D eigenvalue weighted by molar-refractivity contribution is 0.136. The van der Waals surface area contributed by atoms with Crippen LogP contribution in [0.1, 0.15) is 36.8 Å². The summed E-state index contributed by atoms with van der Waals surface area (Å²) in [4.78, 5) is 21.4. The zero-order chi connectivity index (χ0) is 18.0. The Hall–Kier alpha value is -1.98. The van der Waals surface area contributed by atoms with Gasteiger partial charge >= 0.3 is 0 Å². The zero-order valence-electron chi connectivity index (χ0n) is 14.9. The summed E-state index contributed by atoms with van der Waals surface area (Å²) in [6.07, 6.45) is 11.0. The molecule has 0 saturated heterocycles. The van der Waals surface area contributed by atoms with Gasteiger partial charge in [0.05, 0.1) is 5.69 Å². The molecule has 0 saturated carbocycles. The van der Waals surface area contributed by atoms with Crippen molar-refractivity contribution < 1.29 is 0 Å². The molecular weight excluding hydrogens is 330 g/mol. The van der Waals surface area contributed by atoms with E-state index in [4.69, 9.17) is 4.98 Å². The predicted octanol–water partition coefficient (Wildman–Crippen LogP) is 4.11. The summed E-state index contributed by atoms with van der Waals surface area (Å²) in [6, 6.07) is 2.35. The Morgan fingerprint density at radius 1 is 1.32 bits per heavy atom. The van der Waals surface area contributed by atoms with Gasteiger partial charge in [0.2, 0.25) is 0 Å². The lowest BCUT2D eigenvalue weighted by Crippen LogP contribution is -2.44. The van der Waals surface area contributed by atoms with Gasteiger partial charge in [0, 0.05) is 35.8 Å². The number of fused-ring (bicyclic) bond motifs is 1. The Morgan fingerprint density at radius 3 is 2.80 bits per heavy atom. The molecule has 25 heavy (non-hydrogen) atoms. The molecule has 0 N–H and O–H groups in total. The number of hydrogen-bond acceptors (Lipinski definition) is 4. The first-order valence-corrected chi connectivity index (χ1v) is 9.47. The first kappa shape index (κ1) is 17.8. The van der Waals surface area contributed by atoms with E-state index < -0.39 is 0 Å². The lowest BCUT2D eigenvalue weighted by atomic mass is 9.92. The largest absolute Gasteiger partial charge is 0.287 e. The van der Waals surface area contributed by atoms with Crippen LogP contribution in [0.4, 0.5) is 0 Å². The molecule has 0 unspecified atom stereocenters. The van der Waals surface area contributed by atoms with Crippen molar-refractivity contribution in [1.82, 2.24) is 14.3 Å². The van der Waals surface area contributed by atoms with Crippen LogP contribution < -0.4 is 5.56 Å². The van der Waals surface area contributed by atoms with Crippen LogP contribution in [0.2, 0.25) is 0 Å². The second-order valence-corrected chi connectivity index (χ2v) is 7.95. The summed E-state index contributed by atoms with van der Waals surface area (Å²) in [7, 11) is 0. The fraction of sp³-hybridized carbons (Fsp3) is 0.400. The van der Waals surface area contributed by atoms with Gasteiger partial charge in [-0.25, -0.2) is 4.98 Å². The van der Waals surface area contributed by atoms with Crippen LogP contribution in [-0.4, -0.2) is 26.4 Å². The van der Waals surface area contributed by atoms with E-state index in [1.54, 1.807) is 21.8 Å². The highest BCUT2D eigenvalue weighted by Gasteiger charge is 2.28. The standard InChI is InChI=1S/C20H25N3OS/c1-5-7-17-9-14(3)10-18(8-6-2)22(17)13-16-11-19(24)23-12-15(4)25-20(23)21-16/h5-6,9,11-12,17-18H,1-2,7-8,10,13H2,3-4H3/t17-,18-/m0/s1. The highest BCUT2D eigenvalue weighted by atomic mass is 32.1. The summed E-state index contributed by atoms with van der Waals surface area (Å²) in [5.41, 5.74) is 2.24.